The van der Waals surface area contributed by atoms with Crippen molar-refractivity contribution in [3.63, 3.8) is 0 Å². The van der Waals surface area contributed by atoms with Crippen LogP contribution in [0.15, 0.2) is 83.8 Å². The van der Waals surface area contributed by atoms with Gasteiger partial charge in [-0.15, -0.1) is 0 Å². The monoisotopic (exact) mass is 618 g/mol. The number of rotatable bonds is 7. The van der Waals surface area contributed by atoms with Gasteiger partial charge in [-0.2, -0.15) is 23.1 Å². The van der Waals surface area contributed by atoms with Gasteiger partial charge in [0.15, 0.2) is 0 Å². The van der Waals surface area contributed by atoms with Crippen molar-refractivity contribution >= 4 is 33.5 Å². The highest BCUT2D eigenvalue weighted by Gasteiger charge is 2.52. The Hall–Kier alpha value is -3.67. The maximum atomic E-state index is 13.5. The molecule has 0 aliphatic carbocycles. The van der Waals surface area contributed by atoms with Gasteiger partial charge in [0.2, 0.25) is 0 Å². The molecule has 2 aliphatic heterocycles. The van der Waals surface area contributed by atoms with Crippen LogP contribution in [0.2, 0.25) is 5.15 Å². The molecular weight excluding hydrogens is 586 g/mol. The number of aryl methyl sites for hydroxylation is 2. The lowest BCUT2D eigenvalue weighted by Gasteiger charge is -2.24. The van der Waals surface area contributed by atoms with Crippen molar-refractivity contribution in [1.82, 2.24) is 19.8 Å². The molecule has 2 fully saturated rings. The van der Waals surface area contributed by atoms with E-state index in [9.17, 15) is 18.3 Å². The average Bonchev–Trinajstić information content (AvgIpc) is 3.43. The molecule has 2 atom stereocenters. The number of aliphatic hydroxyl groups is 1. The Bertz CT molecular complexity index is 1780. The molecule has 43 heavy (non-hydrogen) atoms. The minimum Gasteiger partial charge on any atom is -0.386 e. The number of fused-ring (bicyclic) bond motifs is 1. The topological polar surface area (TPSA) is 120 Å². The smallest absolute Gasteiger partial charge is 0.343 e. The van der Waals surface area contributed by atoms with E-state index in [1.54, 1.807) is 23.1 Å². The number of primary sulfonamides is 1. The predicted octanol–water partition coefficient (Wildman–Crippen LogP) is 3.32. The fraction of sp³-hybridized carbons (Fsp3) is 0.281. The summed E-state index contributed by atoms with van der Waals surface area (Å²) in [5, 5.41) is 11.5. The first-order chi connectivity index (χ1) is 20.5. The molecule has 0 bridgehead atoms. The summed E-state index contributed by atoms with van der Waals surface area (Å²) < 4.78 is 27.9. The number of benzene rings is 3. The molecule has 2 saturated heterocycles. The largest absolute Gasteiger partial charge is 0.386 e. The molecule has 6 rings (SSSR count). The minimum atomic E-state index is -4.03. The third-order valence-electron chi connectivity index (χ3n) is 8.30. The Balaban J connectivity index is 1.17. The lowest BCUT2D eigenvalue weighted by molar-refractivity contribution is -0.407. The van der Waals surface area contributed by atoms with E-state index in [1.165, 1.54) is 17.7 Å². The van der Waals surface area contributed by atoms with E-state index in [2.05, 4.69) is 27.0 Å². The van der Waals surface area contributed by atoms with Crippen molar-refractivity contribution in [2.75, 3.05) is 26.2 Å². The SMILES string of the molecule is Cc1cccc(C)c1-c1cc(Cl)nc([NH2+]S(=O)(=O)c2cccc(C(=O)N3CC4CN(Cc5ccccc5)CC4(O)C3)c2)n1. The Morgan fingerprint density at radius 1 is 0.977 bits per heavy atom. The lowest BCUT2D eigenvalue weighted by Crippen LogP contribution is -2.82. The fourth-order valence-corrected chi connectivity index (χ4v) is 7.55. The van der Waals surface area contributed by atoms with Crippen LogP contribution in [0.25, 0.3) is 11.3 Å². The van der Waals surface area contributed by atoms with Crippen LogP contribution in [0.1, 0.15) is 27.0 Å². The normalized spacial score (nSPS) is 20.4. The molecule has 3 aromatic carbocycles. The number of β-amino-alcohol motifs (C(OH)–C–C–N with tert-alkyl or cyclic N) is 1. The van der Waals surface area contributed by atoms with Crippen LogP contribution < -0.4 is 4.72 Å². The number of aromatic nitrogens is 2. The van der Waals surface area contributed by atoms with E-state index in [0.29, 0.717) is 25.3 Å². The Morgan fingerprint density at radius 3 is 2.42 bits per heavy atom. The quantitative estimate of drug-likeness (QED) is 0.305. The zero-order chi connectivity index (χ0) is 30.4. The molecule has 2 unspecified atom stereocenters. The van der Waals surface area contributed by atoms with Gasteiger partial charge in [0.1, 0.15) is 15.6 Å². The summed E-state index contributed by atoms with van der Waals surface area (Å²) in [5.41, 5.74) is 3.77. The first-order valence-electron chi connectivity index (χ1n) is 14.1. The molecular formula is C32H33ClN5O4S+. The summed E-state index contributed by atoms with van der Waals surface area (Å²) in [5.74, 6) is -0.436. The van der Waals surface area contributed by atoms with Gasteiger partial charge >= 0.3 is 16.0 Å². The summed E-state index contributed by atoms with van der Waals surface area (Å²) in [7, 11) is -4.03. The zero-order valence-corrected chi connectivity index (χ0v) is 25.5. The highest BCUT2D eigenvalue weighted by atomic mass is 35.5. The molecule has 4 aromatic rings. The zero-order valence-electron chi connectivity index (χ0n) is 23.9. The van der Waals surface area contributed by atoms with E-state index in [0.717, 1.165) is 28.0 Å². The van der Waals surface area contributed by atoms with Crippen molar-refractivity contribution < 1.29 is 23.0 Å². The van der Waals surface area contributed by atoms with Crippen molar-refractivity contribution in [2.45, 2.75) is 30.9 Å². The number of carbonyl (C=O) groups excluding carboxylic acids is 1. The lowest BCUT2D eigenvalue weighted by atomic mass is 9.95. The standard InChI is InChI=1S/C32H32ClN5O4S/c1-21-8-6-9-22(2)29(21)27-15-28(33)35-31(34-27)36-43(41,42)26-13-7-12-24(14-26)30(39)38-18-25-17-37(19-32(25,40)20-38)16-23-10-4-3-5-11-23/h3-15,25,40H,16-20H2,1-2H3,(H,34,35,36)/p+1. The van der Waals surface area contributed by atoms with Gasteiger partial charge < -0.3 is 10.0 Å². The summed E-state index contributed by atoms with van der Waals surface area (Å²) in [6.45, 7) is 6.41. The second-order valence-corrected chi connectivity index (χ2v) is 13.7. The highest BCUT2D eigenvalue weighted by molar-refractivity contribution is 7.85. The number of hydrogen-bond acceptors (Lipinski definition) is 7. The van der Waals surface area contributed by atoms with E-state index >= 15 is 0 Å². The number of nitrogens with zero attached hydrogens (tertiary/aromatic N) is 4. The summed E-state index contributed by atoms with van der Waals surface area (Å²) in [6.07, 6.45) is 0. The molecule has 1 aromatic heterocycles. The van der Waals surface area contributed by atoms with Crippen molar-refractivity contribution in [1.29, 1.82) is 0 Å². The third-order valence-corrected chi connectivity index (χ3v) is 9.92. The van der Waals surface area contributed by atoms with Crippen molar-refractivity contribution in [2.24, 2.45) is 5.92 Å². The first kappa shape index (κ1) is 29.4. The first-order valence-corrected chi connectivity index (χ1v) is 16.0. The van der Waals surface area contributed by atoms with E-state index in [-0.39, 0.29) is 39.9 Å². The number of nitrogens with two attached hydrogens (primary N) is 1. The number of hydrogen-bond donors (Lipinski definition) is 2. The van der Waals surface area contributed by atoms with Crippen LogP contribution in [0, 0.1) is 19.8 Å². The number of likely N-dealkylation sites (tertiary alicyclic amines) is 2. The van der Waals surface area contributed by atoms with Gasteiger partial charge in [0, 0.05) is 49.3 Å². The van der Waals surface area contributed by atoms with Gasteiger partial charge in [0.25, 0.3) is 5.91 Å². The predicted molar refractivity (Wildman–Crippen MR) is 163 cm³/mol. The van der Waals surface area contributed by atoms with E-state index < -0.39 is 15.6 Å². The molecule has 3 heterocycles. The molecule has 1 amide bonds. The van der Waals surface area contributed by atoms with Crippen LogP contribution in [0.3, 0.4) is 0 Å². The van der Waals surface area contributed by atoms with Gasteiger partial charge in [-0.1, -0.05) is 66.2 Å². The van der Waals surface area contributed by atoms with Gasteiger partial charge in [-0.25, -0.2) is 0 Å². The molecule has 11 heteroatoms. The summed E-state index contributed by atoms with van der Waals surface area (Å²) >= 11 is 6.28. The third kappa shape index (κ3) is 6.07. The second-order valence-electron chi connectivity index (χ2n) is 11.5. The van der Waals surface area contributed by atoms with Crippen LogP contribution in [0.5, 0.6) is 0 Å². The number of halogens is 1. The number of amides is 1. The number of sulfonamides is 1. The maximum Gasteiger partial charge on any atom is 0.343 e. The second kappa shape index (κ2) is 11.4. The molecule has 222 valence electrons. The van der Waals surface area contributed by atoms with Gasteiger partial charge in [0.05, 0.1) is 12.2 Å². The molecule has 2 aliphatic rings. The van der Waals surface area contributed by atoms with E-state index in [1.807, 2.05) is 50.2 Å². The van der Waals surface area contributed by atoms with E-state index in [4.69, 9.17) is 11.6 Å². The average molecular weight is 619 g/mol. The summed E-state index contributed by atoms with van der Waals surface area (Å²) in [4.78, 5) is 25.9. The molecule has 0 spiro atoms. The molecule has 3 N–H and O–H groups in total. The Labute approximate surface area is 256 Å². The molecule has 9 nitrogen and oxygen atoms in total. The van der Waals surface area contributed by atoms with Crippen molar-refractivity contribution in [3.8, 4) is 11.3 Å². The van der Waals surface area contributed by atoms with Crippen LogP contribution in [-0.2, 0) is 16.6 Å². The Morgan fingerprint density at radius 2 is 1.70 bits per heavy atom. The Kier molecular flexibility index (Phi) is 7.82. The van der Waals surface area contributed by atoms with Crippen LogP contribution in [-0.4, -0.2) is 71.0 Å². The number of carbonyl (C=O) groups is 1. The van der Waals surface area contributed by atoms with Crippen LogP contribution in [0.4, 0.5) is 5.95 Å². The van der Waals surface area contributed by atoms with Gasteiger partial charge in [-0.05, 0) is 48.7 Å². The minimum absolute atomic E-state index is 0.0449. The highest BCUT2D eigenvalue weighted by Crippen LogP contribution is 2.36. The molecule has 0 saturated carbocycles. The maximum absolute atomic E-state index is 13.5. The molecule has 0 radical (unpaired) electrons. The van der Waals surface area contributed by atoms with Crippen LogP contribution >= 0.6 is 11.6 Å². The van der Waals surface area contributed by atoms with Gasteiger partial charge in [-0.3, -0.25) is 9.69 Å². The number of quaternary nitrogens is 1. The fourth-order valence-electron chi connectivity index (χ4n) is 6.28. The summed E-state index contributed by atoms with van der Waals surface area (Å²) in [6, 6.07) is 23.5. The van der Waals surface area contributed by atoms with Crippen molar-refractivity contribution in [3.05, 3.63) is 106 Å².